The van der Waals surface area contributed by atoms with Gasteiger partial charge in [0.1, 0.15) is 0 Å². The van der Waals surface area contributed by atoms with Crippen LogP contribution in [0.3, 0.4) is 0 Å². The Morgan fingerprint density at radius 1 is 1.10 bits per heavy atom. The van der Waals surface area contributed by atoms with Crippen LogP contribution in [0, 0.1) is 0 Å². The lowest BCUT2D eigenvalue weighted by molar-refractivity contribution is -0.0113. The Morgan fingerprint density at radius 2 is 1.76 bits per heavy atom. The minimum absolute atomic E-state index is 0.173. The Kier molecular flexibility index (Phi) is 6.95. The van der Waals surface area contributed by atoms with Crippen LogP contribution in [0.4, 0.5) is 0 Å². The third-order valence-corrected chi connectivity index (χ3v) is 3.53. The Bertz CT molecular complexity index is 434. The van der Waals surface area contributed by atoms with Gasteiger partial charge >= 0.3 is 0 Å². The van der Waals surface area contributed by atoms with E-state index in [4.69, 9.17) is 24.7 Å². The maximum atomic E-state index is 6.14. The first-order valence-electron chi connectivity index (χ1n) is 7.04. The summed E-state index contributed by atoms with van der Waals surface area (Å²) in [5, 5.41) is 0. The summed E-state index contributed by atoms with van der Waals surface area (Å²) in [6.45, 7) is 5.13. The van der Waals surface area contributed by atoms with Gasteiger partial charge in [-0.05, 0) is 38.0 Å². The summed E-state index contributed by atoms with van der Waals surface area (Å²) in [4.78, 5) is 0. The number of hydrogen-bond donors (Lipinski definition) is 1. The van der Waals surface area contributed by atoms with Crippen molar-refractivity contribution in [3.63, 3.8) is 0 Å². The van der Waals surface area contributed by atoms with E-state index in [0.717, 1.165) is 12.0 Å². The van der Waals surface area contributed by atoms with Crippen LogP contribution in [0.1, 0.15) is 31.9 Å². The number of methoxy groups -OCH3 is 3. The Labute approximate surface area is 127 Å². The van der Waals surface area contributed by atoms with Gasteiger partial charge in [0, 0.05) is 13.7 Å². The van der Waals surface area contributed by atoms with Crippen LogP contribution < -0.4 is 15.2 Å². The van der Waals surface area contributed by atoms with Crippen molar-refractivity contribution in [2.75, 3.05) is 34.5 Å². The number of ether oxygens (including phenoxy) is 4. The van der Waals surface area contributed by atoms with Gasteiger partial charge in [0.25, 0.3) is 0 Å². The monoisotopic (exact) mass is 297 g/mol. The summed E-state index contributed by atoms with van der Waals surface area (Å²) >= 11 is 0. The molecule has 0 amide bonds. The molecule has 5 heteroatoms. The molecule has 0 heterocycles. The molecule has 0 saturated heterocycles. The molecule has 0 aliphatic rings. The molecule has 1 rings (SSSR count). The molecule has 1 aromatic carbocycles. The molecule has 0 aromatic heterocycles. The minimum atomic E-state index is -0.199. The summed E-state index contributed by atoms with van der Waals surface area (Å²) in [6, 6.07) is 5.46. The van der Waals surface area contributed by atoms with E-state index in [2.05, 4.69) is 0 Å². The summed E-state index contributed by atoms with van der Waals surface area (Å²) in [7, 11) is 4.92. The maximum Gasteiger partial charge on any atom is 0.161 e. The number of nitrogens with two attached hydrogens (primary N) is 1. The van der Waals surface area contributed by atoms with Crippen molar-refractivity contribution in [1.29, 1.82) is 0 Å². The fourth-order valence-electron chi connectivity index (χ4n) is 1.81. The van der Waals surface area contributed by atoms with Gasteiger partial charge in [-0.1, -0.05) is 6.07 Å². The molecule has 5 nitrogen and oxygen atoms in total. The molecule has 2 N–H and O–H groups in total. The predicted molar refractivity (Wildman–Crippen MR) is 83.0 cm³/mol. The van der Waals surface area contributed by atoms with Gasteiger partial charge in [0.05, 0.1) is 32.5 Å². The van der Waals surface area contributed by atoms with Crippen molar-refractivity contribution in [1.82, 2.24) is 0 Å². The third kappa shape index (κ3) is 5.53. The van der Waals surface area contributed by atoms with Crippen LogP contribution in [0.5, 0.6) is 11.5 Å². The van der Waals surface area contributed by atoms with Crippen molar-refractivity contribution >= 4 is 0 Å². The number of rotatable bonds is 9. The fraction of sp³-hybridized carbons (Fsp3) is 0.625. The zero-order valence-corrected chi connectivity index (χ0v) is 13.6. The fourth-order valence-corrected chi connectivity index (χ4v) is 1.81. The van der Waals surface area contributed by atoms with E-state index in [9.17, 15) is 0 Å². The highest BCUT2D eigenvalue weighted by Crippen LogP contribution is 2.29. The van der Waals surface area contributed by atoms with Gasteiger partial charge in [-0.25, -0.2) is 0 Å². The summed E-state index contributed by atoms with van der Waals surface area (Å²) in [5.41, 5.74) is 6.92. The molecule has 1 unspecified atom stereocenters. The number of benzene rings is 1. The second-order valence-corrected chi connectivity index (χ2v) is 5.51. The first-order valence-corrected chi connectivity index (χ1v) is 7.04. The van der Waals surface area contributed by atoms with Gasteiger partial charge in [-0.2, -0.15) is 0 Å². The third-order valence-electron chi connectivity index (χ3n) is 3.53. The lowest BCUT2D eigenvalue weighted by Crippen LogP contribution is -2.25. The smallest absolute Gasteiger partial charge is 0.161 e. The highest BCUT2D eigenvalue weighted by molar-refractivity contribution is 5.43. The van der Waals surface area contributed by atoms with Gasteiger partial charge in [0.2, 0.25) is 0 Å². The van der Waals surface area contributed by atoms with Crippen molar-refractivity contribution in [3.8, 4) is 11.5 Å². The summed E-state index contributed by atoms with van der Waals surface area (Å²) in [5.74, 6) is 1.36. The maximum absolute atomic E-state index is 6.14. The normalized spacial score (nSPS) is 13.0. The zero-order chi connectivity index (χ0) is 15.9. The van der Waals surface area contributed by atoms with Gasteiger partial charge in [-0.15, -0.1) is 0 Å². The van der Waals surface area contributed by atoms with E-state index >= 15 is 0 Å². The van der Waals surface area contributed by atoms with Crippen molar-refractivity contribution < 1.29 is 18.9 Å². The van der Waals surface area contributed by atoms with E-state index in [0.29, 0.717) is 24.7 Å². The van der Waals surface area contributed by atoms with Gasteiger partial charge in [0.15, 0.2) is 11.5 Å². The topological polar surface area (TPSA) is 62.9 Å². The van der Waals surface area contributed by atoms with Crippen LogP contribution in [0.15, 0.2) is 18.2 Å². The van der Waals surface area contributed by atoms with Crippen molar-refractivity contribution in [3.05, 3.63) is 23.8 Å². The first kappa shape index (κ1) is 17.8. The summed E-state index contributed by atoms with van der Waals surface area (Å²) < 4.78 is 21.5. The van der Waals surface area contributed by atoms with Crippen molar-refractivity contribution in [2.45, 2.75) is 31.9 Å². The molecule has 21 heavy (non-hydrogen) atoms. The van der Waals surface area contributed by atoms with Crippen LogP contribution >= 0.6 is 0 Å². The minimum Gasteiger partial charge on any atom is -0.493 e. The summed E-state index contributed by atoms with van der Waals surface area (Å²) in [6.07, 6.45) is 0.822. The average Bonchev–Trinajstić information content (AvgIpc) is 2.50. The SMILES string of the molecule is COc1ccc(C(N)COCCC(C)(C)OC)cc1OC. The highest BCUT2D eigenvalue weighted by Gasteiger charge is 2.16. The second kappa shape index (κ2) is 8.22. The molecular formula is C16H27NO4. The molecule has 0 saturated carbocycles. The average molecular weight is 297 g/mol. The quantitative estimate of drug-likeness (QED) is 0.710. The van der Waals surface area contributed by atoms with E-state index < -0.39 is 0 Å². The van der Waals surface area contributed by atoms with E-state index in [-0.39, 0.29) is 11.6 Å². The van der Waals surface area contributed by atoms with Crippen molar-refractivity contribution in [2.24, 2.45) is 5.73 Å². The van der Waals surface area contributed by atoms with Crippen LogP contribution in [0.2, 0.25) is 0 Å². The van der Waals surface area contributed by atoms with Crippen LogP contribution in [-0.4, -0.2) is 40.1 Å². The van der Waals surface area contributed by atoms with Crippen LogP contribution in [0.25, 0.3) is 0 Å². The Morgan fingerprint density at radius 3 is 2.33 bits per heavy atom. The van der Waals surface area contributed by atoms with E-state index in [1.54, 1.807) is 21.3 Å². The molecular weight excluding hydrogens is 270 g/mol. The molecule has 0 fully saturated rings. The molecule has 120 valence electrons. The molecule has 0 aliphatic carbocycles. The largest absolute Gasteiger partial charge is 0.493 e. The Balaban J connectivity index is 2.50. The molecule has 0 spiro atoms. The molecule has 0 aliphatic heterocycles. The standard InChI is InChI=1S/C16H27NO4/c1-16(2,20-5)8-9-21-11-13(17)12-6-7-14(18-3)15(10-12)19-4/h6-7,10,13H,8-9,11,17H2,1-5H3. The molecule has 1 aromatic rings. The first-order chi connectivity index (χ1) is 9.93. The van der Waals surface area contributed by atoms with E-state index in [1.165, 1.54) is 0 Å². The molecule has 0 radical (unpaired) electrons. The number of hydrogen-bond acceptors (Lipinski definition) is 5. The lowest BCUT2D eigenvalue weighted by Gasteiger charge is -2.23. The van der Waals surface area contributed by atoms with Crippen LogP contribution in [-0.2, 0) is 9.47 Å². The Hall–Kier alpha value is -1.30. The molecule has 0 bridgehead atoms. The molecule has 1 atom stereocenters. The zero-order valence-electron chi connectivity index (χ0n) is 13.6. The lowest BCUT2D eigenvalue weighted by atomic mass is 10.1. The predicted octanol–water partition coefficient (Wildman–Crippen LogP) is 2.54. The highest BCUT2D eigenvalue weighted by atomic mass is 16.5. The van der Waals surface area contributed by atoms with Gasteiger partial charge in [-0.3, -0.25) is 0 Å². The van der Waals surface area contributed by atoms with E-state index in [1.807, 2.05) is 32.0 Å². The second-order valence-electron chi connectivity index (χ2n) is 5.51. The van der Waals surface area contributed by atoms with Gasteiger partial charge < -0.3 is 24.7 Å².